The standard InChI is InChI=1S/C23H36N4O4S2/c1-14(2)20(25-11-17(24)13-32)22(29)27-12-16-7-5-4-6-15(16)10-19(27)21(28)26-18(23(30)31)8-9-33-3/h4-7,14,17-20,25,32H,8-13,24H2,1-3H3,(H,26,28)(H,30,31)/t17?,18-,19+,20+/m1/s1. The van der Waals surface area contributed by atoms with E-state index in [1.54, 1.807) is 4.90 Å². The molecule has 1 aliphatic rings. The lowest BCUT2D eigenvalue weighted by molar-refractivity contribution is -0.146. The highest BCUT2D eigenvalue weighted by Crippen LogP contribution is 2.25. The summed E-state index contributed by atoms with van der Waals surface area (Å²) >= 11 is 5.72. The fourth-order valence-electron chi connectivity index (χ4n) is 3.88. The summed E-state index contributed by atoms with van der Waals surface area (Å²) in [6, 6.07) is 5.22. The molecule has 1 aromatic rings. The number of hydrogen-bond donors (Lipinski definition) is 5. The lowest BCUT2D eigenvalue weighted by Crippen LogP contribution is -2.60. The van der Waals surface area contributed by atoms with Crippen LogP contribution in [0.15, 0.2) is 24.3 Å². The number of carbonyl (C=O) groups excluding carboxylic acids is 2. The molecule has 33 heavy (non-hydrogen) atoms. The second-order valence-corrected chi connectivity index (χ2v) is 10.1. The van der Waals surface area contributed by atoms with Crippen LogP contribution < -0.4 is 16.4 Å². The van der Waals surface area contributed by atoms with Crippen LogP contribution in [-0.4, -0.2) is 76.3 Å². The maximum atomic E-state index is 13.7. The van der Waals surface area contributed by atoms with E-state index in [1.165, 1.54) is 11.8 Å². The summed E-state index contributed by atoms with van der Waals surface area (Å²) < 4.78 is 0. The maximum absolute atomic E-state index is 13.7. The van der Waals surface area contributed by atoms with Gasteiger partial charge in [0.2, 0.25) is 11.8 Å². The number of nitrogens with one attached hydrogen (secondary N) is 2. The first-order valence-electron chi connectivity index (χ1n) is 11.2. The Morgan fingerprint density at radius 3 is 2.52 bits per heavy atom. The Hall–Kier alpha value is -1.75. The SMILES string of the molecule is CSCC[C@@H](NC(=O)[C@@H]1Cc2ccccc2CN1C(=O)[C@@H](NCC(N)CS)C(C)C)C(=O)O. The molecule has 8 nitrogen and oxygen atoms in total. The molecule has 0 saturated carbocycles. The monoisotopic (exact) mass is 496 g/mol. The third kappa shape index (κ3) is 7.63. The number of carboxylic acids is 1. The number of hydrogen-bond acceptors (Lipinski definition) is 7. The van der Waals surface area contributed by atoms with E-state index >= 15 is 0 Å². The largest absolute Gasteiger partial charge is 0.480 e. The van der Waals surface area contributed by atoms with E-state index in [4.69, 9.17) is 5.73 Å². The van der Waals surface area contributed by atoms with Crippen LogP contribution in [-0.2, 0) is 27.3 Å². The third-order valence-corrected chi connectivity index (χ3v) is 6.94. The minimum atomic E-state index is -1.08. The first kappa shape index (κ1) is 27.5. The van der Waals surface area contributed by atoms with Gasteiger partial charge < -0.3 is 26.4 Å². The van der Waals surface area contributed by atoms with Crippen LogP contribution >= 0.6 is 24.4 Å². The molecule has 10 heteroatoms. The fourth-order valence-corrected chi connectivity index (χ4v) is 4.48. The molecule has 0 radical (unpaired) electrons. The zero-order valence-electron chi connectivity index (χ0n) is 19.5. The van der Waals surface area contributed by atoms with Crippen LogP contribution in [0.1, 0.15) is 31.4 Å². The summed E-state index contributed by atoms with van der Waals surface area (Å²) in [6.07, 6.45) is 2.54. The van der Waals surface area contributed by atoms with Gasteiger partial charge in [-0.25, -0.2) is 4.79 Å². The van der Waals surface area contributed by atoms with Crippen molar-refractivity contribution in [2.75, 3.05) is 24.3 Å². The van der Waals surface area contributed by atoms with Crippen molar-refractivity contribution in [1.82, 2.24) is 15.5 Å². The van der Waals surface area contributed by atoms with Crippen LogP contribution in [0.4, 0.5) is 0 Å². The zero-order valence-corrected chi connectivity index (χ0v) is 21.2. The Morgan fingerprint density at radius 1 is 1.27 bits per heavy atom. The number of aliphatic carboxylic acids is 1. The van der Waals surface area contributed by atoms with E-state index in [9.17, 15) is 19.5 Å². The molecule has 5 N–H and O–H groups in total. The molecular weight excluding hydrogens is 460 g/mol. The van der Waals surface area contributed by atoms with Gasteiger partial charge in [-0.15, -0.1) is 0 Å². The van der Waals surface area contributed by atoms with E-state index in [0.29, 0.717) is 37.4 Å². The van der Waals surface area contributed by atoms with Crippen LogP contribution in [0.5, 0.6) is 0 Å². The van der Waals surface area contributed by atoms with Crippen molar-refractivity contribution < 1.29 is 19.5 Å². The summed E-state index contributed by atoms with van der Waals surface area (Å²) in [7, 11) is 0. The molecule has 184 valence electrons. The molecule has 4 atom stereocenters. The number of rotatable bonds is 12. The number of fused-ring (bicyclic) bond motifs is 1. The number of benzene rings is 1. The van der Waals surface area contributed by atoms with Gasteiger partial charge >= 0.3 is 5.97 Å². The first-order valence-corrected chi connectivity index (χ1v) is 13.2. The van der Waals surface area contributed by atoms with Gasteiger partial charge in [0.15, 0.2) is 0 Å². The fraction of sp³-hybridized carbons (Fsp3) is 0.609. The Balaban J connectivity index is 2.30. The highest BCUT2D eigenvalue weighted by Gasteiger charge is 2.39. The van der Waals surface area contributed by atoms with E-state index in [0.717, 1.165) is 11.1 Å². The number of carbonyl (C=O) groups is 3. The van der Waals surface area contributed by atoms with Gasteiger partial charge in [0, 0.05) is 31.3 Å². The molecule has 1 aromatic carbocycles. The van der Waals surface area contributed by atoms with Gasteiger partial charge in [-0.1, -0.05) is 38.1 Å². The van der Waals surface area contributed by atoms with E-state index in [1.807, 2.05) is 44.4 Å². The molecule has 1 heterocycles. The van der Waals surface area contributed by atoms with E-state index in [-0.39, 0.29) is 17.9 Å². The Labute approximate surface area is 205 Å². The third-order valence-electron chi connectivity index (χ3n) is 5.83. The number of carboxylic acid groups (broad SMARTS) is 1. The van der Waals surface area contributed by atoms with Gasteiger partial charge in [0.1, 0.15) is 12.1 Å². The van der Waals surface area contributed by atoms with E-state index in [2.05, 4.69) is 23.3 Å². The number of thiol groups is 1. The predicted octanol–water partition coefficient (Wildman–Crippen LogP) is 1.13. The summed E-state index contributed by atoms with van der Waals surface area (Å²) in [4.78, 5) is 40.2. The number of nitrogens with zero attached hydrogens (tertiary/aromatic N) is 1. The molecular formula is C23H36N4O4S2. The van der Waals surface area contributed by atoms with Crippen LogP contribution in [0.25, 0.3) is 0 Å². The zero-order chi connectivity index (χ0) is 24.5. The summed E-state index contributed by atoms with van der Waals surface area (Å²) in [5, 5.41) is 15.5. The quantitative estimate of drug-likeness (QED) is 0.275. The molecule has 2 amide bonds. The molecule has 1 unspecified atom stereocenters. The van der Waals surface area contributed by atoms with Gasteiger partial charge in [0.05, 0.1) is 6.04 Å². The molecule has 1 aliphatic heterocycles. The minimum Gasteiger partial charge on any atom is -0.480 e. The molecule has 0 bridgehead atoms. The maximum Gasteiger partial charge on any atom is 0.326 e. The van der Waals surface area contributed by atoms with Crippen LogP contribution in [0.3, 0.4) is 0 Å². The molecule has 2 rings (SSSR count). The smallest absolute Gasteiger partial charge is 0.326 e. The molecule has 0 spiro atoms. The van der Waals surface area contributed by atoms with Crippen LogP contribution in [0.2, 0.25) is 0 Å². The molecule has 0 saturated heterocycles. The number of thioether (sulfide) groups is 1. The highest BCUT2D eigenvalue weighted by molar-refractivity contribution is 7.98. The summed E-state index contributed by atoms with van der Waals surface area (Å²) in [6.45, 7) is 4.60. The normalized spacial score (nSPS) is 18.4. The summed E-state index contributed by atoms with van der Waals surface area (Å²) in [5.41, 5.74) is 7.95. The van der Waals surface area contributed by atoms with Crippen molar-refractivity contribution in [2.24, 2.45) is 11.7 Å². The van der Waals surface area contributed by atoms with Crippen LogP contribution in [0, 0.1) is 5.92 Å². The van der Waals surface area contributed by atoms with E-state index < -0.39 is 30.0 Å². The van der Waals surface area contributed by atoms with Crippen molar-refractivity contribution in [1.29, 1.82) is 0 Å². The van der Waals surface area contributed by atoms with Gasteiger partial charge in [-0.3, -0.25) is 9.59 Å². The number of amides is 2. The molecule has 0 aliphatic carbocycles. The lowest BCUT2D eigenvalue weighted by atomic mass is 9.91. The topological polar surface area (TPSA) is 125 Å². The molecule has 0 fully saturated rings. The lowest BCUT2D eigenvalue weighted by Gasteiger charge is -2.39. The minimum absolute atomic E-state index is 0.0288. The first-order chi connectivity index (χ1) is 15.7. The second kappa shape index (κ2) is 13.2. The van der Waals surface area contributed by atoms with Crippen molar-refractivity contribution in [3.05, 3.63) is 35.4 Å². The Bertz CT molecular complexity index is 823. The van der Waals surface area contributed by atoms with Crippen molar-refractivity contribution in [3.8, 4) is 0 Å². The van der Waals surface area contributed by atoms with Gasteiger partial charge in [-0.2, -0.15) is 24.4 Å². The van der Waals surface area contributed by atoms with Crippen molar-refractivity contribution >= 4 is 42.2 Å². The Kier molecular flexibility index (Phi) is 11.0. The van der Waals surface area contributed by atoms with Gasteiger partial charge in [0.25, 0.3) is 0 Å². The highest BCUT2D eigenvalue weighted by atomic mass is 32.2. The van der Waals surface area contributed by atoms with Crippen molar-refractivity contribution in [2.45, 2.75) is 57.4 Å². The average molecular weight is 497 g/mol. The average Bonchev–Trinajstić information content (AvgIpc) is 2.79. The summed E-state index contributed by atoms with van der Waals surface area (Å²) in [5.74, 6) is -0.644. The molecule has 0 aromatic heterocycles. The van der Waals surface area contributed by atoms with Crippen molar-refractivity contribution in [3.63, 3.8) is 0 Å². The second-order valence-electron chi connectivity index (χ2n) is 8.71. The predicted molar refractivity (Wildman–Crippen MR) is 136 cm³/mol. The van der Waals surface area contributed by atoms with Gasteiger partial charge in [-0.05, 0) is 35.5 Å². The Morgan fingerprint density at radius 2 is 1.94 bits per heavy atom. The number of nitrogens with two attached hydrogens (primary N) is 1.